The Morgan fingerprint density at radius 3 is 1.30 bits per heavy atom. The van der Waals surface area contributed by atoms with E-state index < -0.39 is 111 Å². The summed E-state index contributed by atoms with van der Waals surface area (Å²) in [4.78, 5) is 13.4. The van der Waals surface area contributed by atoms with Crippen LogP contribution in [0, 0.1) is 0 Å². The van der Waals surface area contributed by atoms with Crippen molar-refractivity contribution in [2.45, 2.75) is 292 Å². The number of ether oxygens (including phenoxy) is 4. The molecule has 16 heteroatoms. The highest BCUT2D eigenvalue weighted by molar-refractivity contribution is 5.80. The Labute approximate surface area is 397 Å². The summed E-state index contributed by atoms with van der Waals surface area (Å²) < 4.78 is 22.9. The molecule has 16 nitrogen and oxygen atoms in total. The standard InChI is InChI=1S/C50H97NO15/c1-3-5-7-9-11-13-15-16-17-18-19-20-21-22-24-26-28-30-32-38(55)48(62)51-36(41(56)37(54)31-29-27-25-23-14-12-10-8-6-4-2)35-63-50-47(45(60)43(58)40(34-53)65-50)66-49-46(61)44(59)42(57)39(33-52)64-49/h36-47,49-50,52-61H,3-35H2,1-2H3,(H,51,62). The molecule has 2 saturated heterocycles. The summed E-state index contributed by atoms with van der Waals surface area (Å²) in [6.45, 7) is 2.38. The van der Waals surface area contributed by atoms with Crippen LogP contribution in [0.15, 0.2) is 0 Å². The van der Waals surface area contributed by atoms with Crippen molar-refractivity contribution in [3.8, 4) is 0 Å². The maximum Gasteiger partial charge on any atom is 0.249 e. The number of amides is 1. The number of aliphatic hydroxyl groups is 10. The van der Waals surface area contributed by atoms with E-state index in [4.69, 9.17) is 18.9 Å². The maximum absolute atomic E-state index is 13.4. The van der Waals surface area contributed by atoms with E-state index in [2.05, 4.69) is 19.2 Å². The maximum atomic E-state index is 13.4. The van der Waals surface area contributed by atoms with Gasteiger partial charge in [-0.15, -0.1) is 0 Å². The van der Waals surface area contributed by atoms with E-state index in [1.54, 1.807) is 0 Å². The Bertz CT molecular complexity index is 1160. The molecule has 14 atom stereocenters. The number of nitrogens with one attached hydrogen (secondary N) is 1. The summed E-state index contributed by atoms with van der Waals surface area (Å²) >= 11 is 0. The first-order valence-electron chi connectivity index (χ1n) is 26.5. The van der Waals surface area contributed by atoms with Gasteiger partial charge < -0.3 is 75.3 Å². The minimum Gasteiger partial charge on any atom is -0.394 e. The molecule has 2 aliphatic rings. The minimum absolute atomic E-state index is 0.193. The number of hydrogen-bond donors (Lipinski definition) is 11. The number of hydrogen-bond acceptors (Lipinski definition) is 15. The Morgan fingerprint density at radius 2 is 0.879 bits per heavy atom. The van der Waals surface area contributed by atoms with Gasteiger partial charge in [0.25, 0.3) is 0 Å². The van der Waals surface area contributed by atoms with Gasteiger partial charge in [-0.25, -0.2) is 0 Å². The SMILES string of the molecule is CCCCCCCCCCCCCCCCCCCCC(O)C(=O)NC(COC1OC(CO)C(O)C(O)C1OC1OC(CO)C(O)C(O)C1O)C(O)C(O)CCCCCCCCCCCC. The summed E-state index contributed by atoms with van der Waals surface area (Å²) in [5.41, 5.74) is 0. The zero-order valence-corrected chi connectivity index (χ0v) is 40.9. The van der Waals surface area contributed by atoms with Crippen LogP contribution in [0.5, 0.6) is 0 Å². The van der Waals surface area contributed by atoms with Gasteiger partial charge in [-0.1, -0.05) is 194 Å². The van der Waals surface area contributed by atoms with E-state index in [1.807, 2.05) is 0 Å². The predicted molar refractivity (Wildman–Crippen MR) is 252 cm³/mol. The third-order valence-electron chi connectivity index (χ3n) is 13.5. The fourth-order valence-corrected chi connectivity index (χ4v) is 9.02. The highest BCUT2D eigenvalue weighted by atomic mass is 16.8. The van der Waals surface area contributed by atoms with Crippen LogP contribution in [0.4, 0.5) is 0 Å². The Kier molecular flexibility index (Phi) is 34.9. The highest BCUT2D eigenvalue weighted by Gasteiger charge is 2.51. The van der Waals surface area contributed by atoms with Crippen molar-refractivity contribution >= 4 is 5.91 Å². The van der Waals surface area contributed by atoms with Crippen LogP contribution < -0.4 is 5.32 Å². The van der Waals surface area contributed by atoms with E-state index >= 15 is 0 Å². The molecule has 66 heavy (non-hydrogen) atoms. The first-order chi connectivity index (χ1) is 31.9. The summed E-state index contributed by atoms with van der Waals surface area (Å²) in [6, 6.07) is -1.31. The average Bonchev–Trinajstić information content (AvgIpc) is 3.31. The van der Waals surface area contributed by atoms with E-state index in [9.17, 15) is 55.9 Å². The Morgan fingerprint density at radius 1 is 0.500 bits per heavy atom. The molecule has 0 spiro atoms. The first kappa shape index (κ1) is 61.0. The van der Waals surface area contributed by atoms with Crippen LogP contribution in [-0.4, -0.2) is 163 Å². The van der Waals surface area contributed by atoms with Crippen molar-refractivity contribution in [2.24, 2.45) is 0 Å². The molecular formula is C50H97NO15. The van der Waals surface area contributed by atoms with Gasteiger partial charge in [0.1, 0.15) is 61.0 Å². The van der Waals surface area contributed by atoms with Gasteiger partial charge >= 0.3 is 0 Å². The quantitative estimate of drug-likeness (QED) is 0.0363. The second kappa shape index (κ2) is 37.7. The molecule has 392 valence electrons. The van der Waals surface area contributed by atoms with E-state index in [-0.39, 0.29) is 12.8 Å². The molecule has 0 radical (unpaired) electrons. The minimum atomic E-state index is -1.87. The lowest BCUT2D eigenvalue weighted by molar-refractivity contribution is -0.368. The molecule has 2 aliphatic heterocycles. The number of carbonyl (C=O) groups is 1. The van der Waals surface area contributed by atoms with Gasteiger partial charge in [-0.2, -0.15) is 0 Å². The molecule has 0 aliphatic carbocycles. The fourth-order valence-electron chi connectivity index (χ4n) is 9.02. The molecule has 11 N–H and O–H groups in total. The average molecular weight is 952 g/mol. The van der Waals surface area contributed by atoms with E-state index in [0.29, 0.717) is 12.8 Å². The molecule has 2 rings (SSSR count). The van der Waals surface area contributed by atoms with Gasteiger partial charge in [-0.05, 0) is 12.8 Å². The molecule has 0 aromatic heterocycles. The van der Waals surface area contributed by atoms with Gasteiger partial charge in [0.2, 0.25) is 5.91 Å². The van der Waals surface area contributed by atoms with Crippen LogP contribution >= 0.6 is 0 Å². The number of unbranched alkanes of at least 4 members (excludes halogenated alkanes) is 26. The van der Waals surface area contributed by atoms with Gasteiger partial charge in [0.05, 0.1) is 32.0 Å². The van der Waals surface area contributed by atoms with Gasteiger partial charge in [0, 0.05) is 0 Å². The molecular weight excluding hydrogens is 855 g/mol. The first-order valence-corrected chi connectivity index (χ1v) is 26.5. The highest BCUT2D eigenvalue weighted by Crippen LogP contribution is 2.30. The number of aliphatic hydroxyl groups excluding tert-OH is 10. The second-order valence-corrected chi connectivity index (χ2v) is 19.3. The molecule has 0 aromatic carbocycles. The summed E-state index contributed by atoms with van der Waals surface area (Å²) in [5, 5.41) is 109. The third kappa shape index (κ3) is 24.2. The lowest BCUT2D eigenvalue weighted by Crippen LogP contribution is -2.65. The number of rotatable bonds is 41. The monoisotopic (exact) mass is 952 g/mol. The second-order valence-electron chi connectivity index (χ2n) is 19.3. The molecule has 0 bridgehead atoms. The third-order valence-corrected chi connectivity index (χ3v) is 13.5. The van der Waals surface area contributed by atoms with Crippen molar-refractivity contribution in [1.82, 2.24) is 5.32 Å². The topological polar surface area (TPSA) is 268 Å². The van der Waals surface area contributed by atoms with Crippen molar-refractivity contribution in [1.29, 1.82) is 0 Å². The van der Waals surface area contributed by atoms with Gasteiger partial charge in [0.15, 0.2) is 12.6 Å². The summed E-state index contributed by atoms with van der Waals surface area (Å²) in [6.07, 6.45) is 12.2. The van der Waals surface area contributed by atoms with Crippen LogP contribution in [0.3, 0.4) is 0 Å². The van der Waals surface area contributed by atoms with Crippen LogP contribution in [-0.2, 0) is 23.7 Å². The fraction of sp³-hybridized carbons (Fsp3) is 0.980. The Hall–Kier alpha value is -1.09. The zero-order chi connectivity index (χ0) is 48.5. The lowest BCUT2D eigenvalue weighted by Gasteiger charge is -2.46. The van der Waals surface area contributed by atoms with E-state index in [0.717, 1.165) is 51.4 Å². The molecule has 0 saturated carbocycles. The van der Waals surface area contributed by atoms with Gasteiger partial charge in [-0.3, -0.25) is 4.79 Å². The van der Waals surface area contributed by atoms with E-state index in [1.165, 1.54) is 116 Å². The van der Waals surface area contributed by atoms with Crippen molar-refractivity contribution in [2.75, 3.05) is 19.8 Å². The largest absolute Gasteiger partial charge is 0.394 e. The Balaban J connectivity index is 1.93. The van der Waals surface area contributed by atoms with Crippen molar-refractivity contribution < 1.29 is 74.8 Å². The van der Waals surface area contributed by atoms with Crippen molar-refractivity contribution in [3.63, 3.8) is 0 Å². The molecule has 2 fully saturated rings. The van der Waals surface area contributed by atoms with Crippen LogP contribution in [0.25, 0.3) is 0 Å². The molecule has 1 amide bonds. The smallest absolute Gasteiger partial charge is 0.249 e. The van der Waals surface area contributed by atoms with Crippen LogP contribution in [0.1, 0.15) is 206 Å². The molecule has 2 heterocycles. The predicted octanol–water partition coefficient (Wildman–Crippen LogP) is 4.94. The van der Waals surface area contributed by atoms with Crippen LogP contribution in [0.2, 0.25) is 0 Å². The van der Waals surface area contributed by atoms with Crippen molar-refractivity contribution in [3.05, 3.63) is 0 Å². The summed E-state index contributed by atoms with van der Waals surface area (Å²) in [5.74, 6) is -0.775. The molecule has 0 aromatic rings. The lowest BCUT2D eigenvalue weighted by atomic mass is 9.97. The molecule has 14 unspecified atom stereocenters. The normalized spacial score (nSPS) is 27.7. The summed E-state index contributed by atoms with van der Waals surface area (Å²) in [7, 11) is 0. The zero-order valence-electron chi connectivity index (χ0n) is 40.9. The number of carbonyl (C=O) groups excluding carboxylic acids is 1.